The molecule has 0 aromatic heterocycles. The van der Waals surface area contributed by atoms with Crippen molar-refractivity contribution in [3.63, 3.8) is 0 Å². The molecule has 0 bridgehead atoms. The second-order valence-electron chi connectivity index (χ2n) is 3.53. The molecular weight excluding hydrogens is 152 g/mol. The van der Waals surface area contributed by atoms with Gasteiger partial charge in [0.25, 0.3) is 0 Å². The third kappa shape index (κ3) is 2.08. The van der Waals surface area contributed by atoms with Crippen molar-refractivity contribution in [1.82, 2.24) is 0 Å². The third-order valence-corrected chi connectivity index (χ3v) is 2.58. The van der Waals surface area contributed by atoms with Crippen molar-refractivity contribution in [2.75, 3.05) is 0 Å². The summed E-state index contributed by atoms with van der Waals surface area (Å²) in [7, 11) is 0. The lowest BCUT2D eigenvalue weighted by atomic mass is 9.80. The fourth-order valence-electron chi connectivity index (χ4n) is 1.41. The van der Waals surface area contributed by atoms with Gasteiger partial charge in [0, 0.05) is 11.6 Å². The second-order valence-corrected chi connectivity index (χ2v) is 3.53. The van der Waals surface area contributed by atoms with Gasteiger partial charge in [-0.1, -0.05) is 25.8 Å². The largest absolute Gasteiger partial charge is 0.366 e. The van der Waals surface area contributed by atoms with Crippen LogP contribution >= 0.6 is 0 Å². The highest BCUT2D eigenvalue weighted by atomic mass is 16.1. The summed E-state index contributed by atoms with van der Waals surface area (Å²) >= 11 is 0. The van der Waals surface area contributed by atoms with Crippen molar-refractivity contribution in [3.8, 4) is 0 Å². The van der Waals surface area contributed by atoms with E-state index in [-0.39, 0.29) is 6.04 Å². The molecule has 0 aliphatic heterocycles. The van der Waals surface area contributed by atoms with Gasteiger partial charge in [0.2, 0.25) is 5.91 Å². The van der Waals surface area contributed by atoms with Gasteiger partial charge >= 0.3 is 0 Å². The Labute approximate surface area is 72.8 Å². The Bertz CT molecular complexity index is 197. The number of carbonyl (C=O) groups excluding carboxylic acids is 1. The molecule has 0 saturated heterocycles. The Balaban J connectivity index is 2.31. The van der Waals surface area contributed by atoms with E-state index in [1.54, 1.807) is 0 Å². The first-order chi connectivity index (χ1) is 5.61. The molecule has 4 N–H and O–H groups in total. The molecule has 0 spiro atoms. The summed E-state index contributed by atoms with van der Waals surface area (Å²) in [5.74, 6) is 0.220. The van der Waals surface area contributed by atoms with Crippen molar-refractivity contribution >= 4 is 5.91 Å². The van der Waals surface area contributed by atoms with Crippen LogP contribution in [0.5, 0.6) is 0 Å². The molecule has 1 aliphatic rings. The average molecular weight is 168 g/mol. The Morgan fingerprint density at radius 2 is 2.17 bits per heavy atom. The van der Waals surface area contributed by atoms with Crippen LogP contribution < -0.4 is 11.5 Å². The van der Waals surface area contributed by atoms with E-state index in [4.69, 9.17) is 11.5 Å². The van der Waals surface area contributed by atoms with Crippen LogP contribution in [0.2, 0.25) is 0 Å². The van der Waals surface area contributed by atoms with Gasteiger partial charge in [-0.15, -0.1) is 0 Å². The van der Waals surface area contributed by atoms with Crippen LogP contribution in [0.3, 0.4) is 0 Å². The minimum atomic E-state index is -0.471. The van der Waals surface area contributed by atoms with Crippen molar-refractivity contribution in [2.45, 2.75) is 31.7 Å². The smallest absolute Gasteiger partial charge is 0.245 e. The average Bonchev–Trinajstić information content (AvgIpc) is 1.94. The summed E-state index contributed by atoms with van der Waals surface area (Å²) in [4.78, 5) is 10.7. The van der Waals surface area contributed by atoms with Crippen molar-refractivity contribution < 1.29 is 4.79 Å². The quantitative estimate of drug-likeness (QED) is 0.602. The molecule has 1 atom stereocenters. The zero-order valence-electron chi connectivity index (χ0n) is 7.25. The van der Waals surface area contributed by atoms with E-state index in [9.17, 15) is 4.79 Å². The maximum Gasteiger partial charge on any atom is 0.245 e. The molecule has 1 fully saturated rings. The minimum Gasteiger partial charge on any atom is -0.366 e. The summed E-state index contributed by atoms with van der Waals surface area (Å²) in [6.45, 7) is 3.57. The lowest BCUT2D eigenvalue weighted by molar-refractivity contribution is -0.114. The summed E-state index contributed by atoms with van der Waals surface area (Å²) in [5.41, 5.74) is 11.1. The summed E-state index contributed by atoms with van der Waals surface area (Å²) < 4.78 is 0. The van der Waals surface area contributed by atoms with Crippen LogP contribution in [-0.2, 0) is 4.79 Å². The van der Waals surface area contributed by atoms with Gasteiger partial charge in [-0.25, -0.2) is 0 Å². The maximum absolute atomic E-state index is 10.7. The lowest BCUT2D eigenvalue weighted by Gasteiger charge is -2.28. The van der Waals surface area contributed by atoms with Crippen LogP contribution in [-0.4, -0.2) is 11.9 Å². The van der Waals surface area contributed by atoms with E-state index < -0.39 is 5.91 Å². The predicted octanol–water partition coefficient (Wildman–Crippen LogP) is 0.545. The van der Waals surface area contributed by atoms with Crippen molar-refractivity contribution in [3.05, 3.63) is 12.2 Å². The molecule has 12 heavy (non-hydrogen) atoms. The predicted molar refractivity (Wildman–Crippen MR) is 48.3 cm³/mol. The van der Waals surface area contributed by atoms with Crippen LogP contribution in [0.1, 0.15) is 25.7 Å². The number of hydrogen-bond acceptors (Lipinski definition) is 2. The molecule has 0 aromatic carbocycles. The van der Waals surface area contributed by atoms with Crippen LogP contribution in [0.25, 0.3) is 0 Å². The van der Waals surface area contributed by atoms with Gasteiger partial charge < -0.3 is 11.5 Å². The summed E-state index contributed by atoms with van der Waals surface area (Å²) in [5, 5.41) is 0. The monoisotopic (exact) mass is 168 g/mol. The maximum atomic E-state index is 10.7. The zero-order valence-corrected chi connectivity index (χ0v) is 7.25. The van der Waals surface area contributed by atoms with E-state index >= 15 is 0 Å². The molecule has 68 valence electrons. The highest BCUT2D eigenvalue weighted by Crippen LogP contribution is 2.30. The molecule has 1 aliphatic carbocycles. The van der Waals surface area contributed by atoms with Gasteiger partial charge in [-0.3, -0.25) is 4.79 Å². The number of hydrogen-bond donors (Lipinski definition) is 2. The SMILES string of the molecule is C=C(C(N)=O)C(N)CC1CCC1. The third-order valence-electron chi connectivity index (χ3n) is 2.58. The van der Waals surface area contributed by atoms with E-state index in [1.165, 1.54) is 19.3 Å². The number of nitrogens with two attached hydrogens (primary N) is 2. The topological polar surface area (TPSA) is 69.1 Å². The molecule has 1 unspecified atom stereocenters. The highest BCUT2D eigenvalue weighted by Gasteiger charge is 2.22. The highest BCUT2D eigenvalue weighted by molar-refractivity contribution is 5.92. The van der Waals surface area contributed by atoms with Crippen LogP contribution in [0, 0.1) is 5.92 Å². The van der Waals surface area contributed by atoms with E-state index in [1.807, 2.05) is 0 Å². The molecule has 1 rings (SSSR count). The molecule has 3 heteroatoms. The van der Waals surface area contributed by atoms with Crippen molar-refractivity contribution in [1.29, 1.82) is 0 Å². The number of amides is 1. The molecule has 3 nitrogen and oxygen atoms in total. The minimum absolute atomic E-state index is 0.229. The van der Waals surface area contributed by atoms with Crippen molar-refractivity contribution in [2.24, 2.45) is 17.4 Å². The van der Waals surface area contributed by atoms with Crippen LogP contribution in [0.4, 0.5) is 0 Å². The molecule has 0 aromatic rings. The van der Waals surface area contributed by atoms with Crippen LogP contribution in [0.15, 0.2) is 12.2 Å². The summed E-state index contributed by atoms with van der Waals surface area (Å²) in [6.07, 6.45) is 4.63. The molecular formula is C9H16N2O. The number of rotatable bonds is 4. The Kier molecular flexibility index (Phi) is 2.87. The standard InChI is InChI=1S/C9H16N2O/c1-6(9(11)12)8(10)5-7-3-2-4-7/h7-8H,1-5,10H2,(H2,11,12). The normalized spacial score (nSPS) is 19.8. The van der Waals surface area contributed by atoms with Gasteiger partial charge in [-0.05, 0) is 12.3 Å². The zero-order chi connectivity index (χ0) is 9.14. The lowest BCUT2D eigenvalue weighted by Crippen LogP contribution is -2.33. The first-order valence-electron chi connectivity index (χ1n) is 4.35. The van der Waals surface area contributed by atoms with Gasteiger partial charge in [0.1, 0.15) is 0 Å². The van der Waals surface area contributed by atoms with Gasteiger partial charge in [-0.2, -0.15) is 0 Å². The fraction of sp³-hybridized carbons (Fsp3) is 0.667. The fourth-order valence-corrected chi connectivity index (χ4v) is 1.41. The van der Waals surface area contributed by atoms with E-state index in [0.717, 1.165) is 6.42 Å². The molecule has 1 saturated carbocycles. The van der Waals surface area contributed by atoms with Gasteiger partial charge in [0.15, 0.2) is 0 Å². The Hall–Kier alpha value is -0.830. The van der Waals surface area contributed by atoms with Gasteiger partial charge in [0.05, 0.1) is 0 Å². The number of primary amides is 1. The van der Waals surface area contributed by atoms with E-state index in [0.29, 0.717) is 11.5 Å². The molecule has 0 radical (unpaired) electrons. The Morgan fingerprint density at radius 1 is 1.58 bits per heavy atom. The molecule has 1 amide bonds. The summed E-state index contributed by atoms with van der Waals surface area (Å²) in [6, 6.07) is -0.229. The van der Waals surface area contributed by atoms with E-state index in [2.05, 4.69) is 6.58 Å². The molecule has 0 heterocycles. The first kappa shape index (κ1) is 9.26. The number of carbonyl (C=O) groups is 1. The first-order valence-corrected chi connectivity index (χ1v) is 4.35. The Morgan fingerprint density at radius 3 is 2.50 bits per heavy atom. The second kappa shape index (κ2) is 3.72.